The van der Waals surface area contributed by atoms with Gasteiger partial charge < -0.3 is 4.90 Å². The lowest BCUT2D eigenvalue weighted by Gasteiger charge is -2.25. The maximum Gasteiger partial charge on any atom is 0.273 e. The van der Waals surface area contributed by atoms with Crippen LogP contribution in [0.25, 0.3) is 16.7 Å². The topological polar surface area (TPSA) is 57.7 Å². The Morgan fingerprint density at radius 2 is 1.34 bits per heavy atom. The van der Waals surface area contributed by atoms with E-state index in [0.29, 0.717) is 27.4 Å². The van der Waals surface area contributed by atoms with Crippen LogP contribution < -0.4 is 9.21 Å². The summed E-state index contributed by atoms with van der Waals surface area (Å²) < 4.78 is 29.6. The fraction of sp³-hybridized carbons (Fsp3) is 0.196. The van der Waals surface area contributed by atoms with Gasteiger partial charge in [-0.1, -0.05) is 137 Å². The van der Waals surface area contributed by atoms with Crippen molar-refractivity contribution in [3.05, 3.63) is 178 Å². The maximum atomic E-state index is 14.9. The molecule has 0 spiro atoms. The molecular formula is C46H43ClN2O3S. The van der Waals surface area contributed by atoms with Gasteiger partial charge in [0.15, 0.2) is 0 Å². The zero-order valence-electron chi connectivity index (χ0n) is 31.1. The summed E-state index contributed by atoms with van der Waals surface area (Å²) >= 11 is 6.40. The molecule has 7 heteroatoms. The van der Waals surface area contributed by atoms with E-state index >= 15 is 0 Å². The Kier molecular flexibility index (Phi) is 9.12. The second-order valence-electron chi connectivity index (χ2n) is 15.4. The monoisotopic (exact) mass is 738 g/mol. The molecule has 0 aliphatic carbocycles. The minimum Gasteiger partial charge on any atom is -0.347 e. The summed E-state index contributed by atoms with van der Waals surface area (Å²) in [5.41, 5.74) is 9.50. The number of allylic oxidation sites excluding steroid dienone is 5. The molecule has 0 bridgehead atoms. The molecule has 5 aromatic carbocycles. The molecule has 7 rings (SSSR count). The van der Waals surface area contributed by atoms with Gasteiger partial charge in [-0.15, -0.1) is 0 Å². The molecule has 5 nitrogen and oxygen atoms in total. The number of fused-ring (bicyclic) bond motifs is 2. The Hall–Kier alpha value is -5.17. The van der Waals surface area contributed by atoms with Gasteiger partial charge in [0.25, 0.3) is 15.9 Å². The highest BCUT2D eigenvalue weighted by molar-refractivity contribution is 7.93. The Morgan fingerprint density at radius 1 is 0.755 bits per heavy atom. The zero-order valence-corrected chi connectivity index (χ0v) is 32.7. The third kappa shape index (κ3) is 6.45. The Balaban J connectivity index is 1.52. The maximum absolute atomic E-state index is 14.9. The molecule has 0 aromatic heterocycles. The predicted molar refractivity (Wildman–Crippen MR) is 220 cm³/mol. The minimum atomic E-state index is -4.26. The molecule has 2 aliphatic rings. The number of carbonyl (C=O) groups excluding carboxylic acids is 1. The number of hydrogen-bond acceptors (Lipinski definition) is 4. The normalized spacial score (nSPS) is 17.3. The van der Waals surface area contributed by atoms with Crippen LogP contribution in [0.1, 0.15) is 68.0 Å². The third-order valence-corrected chi connectivity index (χ3v) is 12.4. The quantitative estimate of drug-likeness (QED) is 0.163. The first-order valence-electron chi connectivity index (χ1n) is 17.7. The second kappa shape index (κ2) is 13.4. The van der Waals surface area contributed by atoms with E-state index in [2.05, 4.69) is 101 Å². The Labute approximate surface area is 318 Å². The fourth-order valence-corrected chi connectivity index (χ4v) is 8.91. The molecule has 0 N–H and O–H groups in total. The van der Waals surface area contributed by atoms with Crippen LogP contribution in [0.2, 0.25) is 5.02 Å². The van der Waals surface area contributed by atoms with Crippen LogP contribution in [-0.2, 0) is 25.6 Å². The number of amides is 1. The fourth-order valence-electron chi connectivity index (χ4n) is 7.36. The van der Waals surface area contributed by atoms with Crippen LogP contribution in [0, 0.1) is 6.92 Å². The number of likely N-dealkylation sites (N-methyl/N-ethyl adjacent to an activating group) is 1. The van der Waals surface area contributed by atoms with Crippen molar-refractivity contribution in [1.82, 2.24) is 0 Å². The lowest BCUT2D eigenvalue weighted by atomic mass is 9.82. The number of carbonyl (C=O) groups is 1. The first kappa shape index (κ1) is 36.2. The van der Waals surface area contributed by atoms with E-state index in [-0.39, 0.29) is 15.7 Å². The number of benzene rings is 5. The van der Waals surface area contributed by atoms with E-state index in [1.165, 1.54) is 11.1 Å². The number of nitrogens with zero attached hydrogens (tertiary/aromatic N) is 2. The number of hydrogen-bond donors (Lipinski definition) is 0. The smallest absolute Gasteiger partial charge is 0.273 e. The molecule has 1 amide bonds. The van der Waals surface area contributed by atoms with E-state index in [9.17, 15) is 13.2 Å². The van der Waals surface area contributed by atoms with Gasteiger partial charge in [-0.25, -0.2) is 8.42 Å². The van der Waals surface area contributed by atoms with E-state index < -0.39 is 15.9 Å². The number of sulfonamides is 1. The van der Waals surface area contributed by atoms with Crippen LogP contribution in [0.3, 0.4) is 0 Å². The lowest BCUT2D eigenvalue weighted by molar-refractivity contribution is -0.111. The number of para-hydroxylation sites is 2. The molecule has 2 aliphatic heterocycles. The van der Waals surface area contributed by atoms with Crippen molar-refractivity contribution >= 4 is 55.6 Å². The highest BCUT2D eigenvalue weighted by atomic mass is 35.5. The Bertz CT molecular complexity index is 2450. The Morgan fingerprint density at radius 3 is 1.96 bits per heavy atom. The summed E-state index contributed by atoms with van der Waals surface area (Å²) in [5, 5.41) is 0.552. The lowest BCUT2D eigenvalue weighted by Crippen LogP contribution is -2.33. The number of halogens is 1. The molecule has 5 aromatic rings. The highest BCUT2D eigenvalue weighted by Gasteiger charge is 2.43. The first-order valence-corrected chi connectivity index (χ1v) is 19.5. The van der Waals surface area contributed by atoms with E-state index in [1.54, 1.807) is 48.5 Å². The molecule has 0 unspecified atom stereocenters. The van der Waals surface area contributed by atoms with Gasteiger partial charge >= 0.3 is 0 Å². The summed E-state index contributed by atoms with van der Waals surface area (Å²) in [6.45, 7) is 12.9. The van der Waals surface area contributed by atoms with E-state index in [1.807, 2.05) is 37.3 Å². The number of rotatable bonds is 6. The molecule has 53 heavy (non-hydrogen) atoms. The standard InChI is InChI=1S/C46H43ClN2O3S/c1-30-16-26-36(27-17-30)53(51,52)49-40-14-10-8-12-37(40)43(44(49)50)38(32-20-24-35(47)25-21-32)28-33(31-18-22-34(23-19-31)45(2,3)4)29-42-46(5,6)39-13-9-11-15-41(39)48(42)7/h8-29H,1-7H3/b33-28+,42-29+,43-38-. The third-order valence-electron chi connectivity index (χ3n) is 10.4. The average molecular weight is 739 g/mol. The van der Waals surface area contributed by atoms with Crippen molar-refractivity contribution in [2.24, 2.45) is 0 Å². The molecule has 268 valence electrons. The summed E-state index contributed by atoms with van der Waals surface area (Å²) in [4.78, 5) is 17.1. The van der Waals surface area contributed by atoms with Gasteiger partial charge in [-0.2, -0.15) is 4.31 Å². The van der Waals surface area contributed by atoms with Gasteiger partial charge in [0.1, 0.15) is 0 Å². The zero-order chi connectivity index (χ0) is 37.9. The van der Waals surface area contributed by atoms with Crippen LogP contribution in [-0.4, -0.2) is 21.4 Å². The molecule has 0 fully saturated rings. The SMILES string of the molecule is Cc1ccc(S(=O)(=O)N2C(=O)/C(=C(/C=C(\C=C3\N(C)c4ccccc4C3(C)C)c3ccc(C(C)(C)C)cc3)c3ccc(Cl)cc3)c3ccccc32)cc1. The molecule has 0 radical (unpaired) electrons. The van der Waals surface area contributed by atoms with Crippen molar-refractivity contribution in [2.75, 3.05) is 16.3 Å². The molecular weight excluding hydrogens is 696 g/mol. The van der Waals surface area contributed by atoms with Crippen molar-refractivity contribution in [3.8, 4) is 0 Å². The summed E-state index contributed by atoms with van der Waals surface area (Å²) in [5.74, 6) is -0.617. The summed E-state index contributed by atoms with van der Waals surface area (Å²) in [6.07, 6.45) is 4.23. The van der Waals surface area contributed by atoms with Crippen molar-refractivity contribution in [2.45, 2.75) is 57.3 Å². The summed E-state index contributed by atoms with van der Waals surface area (Å²) in [6, 6.07) is 38.0. The largest absolute Gasteiger partial charge is 0.347 e. The van der Waals surface area contributed by atoms with Gasteiger partial charge in [0, 0.05) is 34.4 Å². The molecule has 0 saturated carbocycles. The second-order valence-corrected chi connectivity index (χ2v) is 17.6. The highest BCUT2D eigenvalue weighted by Crippen LogP contribution is 2.49. The molecule has 0 atom stereocenters. The molecule has 2 heterocycles. The van der Waals surface area contributed by atoms with Crippen molar-refractivity contribution < 1.29 is 13.2 Å². The molecule has 0 saturated heterocycles. The first-order chi connectivity index (χ1) is 25.1. The number of aryl methyl sites for hydroxylation is 1. The summed E-state index contributed by atoms with van der Waals surface area (Å²) in [7, 11) is -2.17. The number of anilines is 2. The van der Waals surface area contributed by atoms with E-state index in [0.717, 1.165) is 38.0 Å². The van der Waals surface area contributed by atoms with Crippen LogP contribution >= 0.6 is 11.6 Å². The van der Waals surface area contributed by atoms with Gasteiger partial charge in [0.2, 0.25) is 0 Å². The van der Waals surface area contributed by atoms with Crippen molar-refractivity contribution in [3.63, 3.8) is 0 Å². The predicted octanol–water partition coefficient (Wildman–Crippen LogP) is 11.0. The van der Waals surface area contributed by atoms with Crippen LogP contribution in [0.4, 0.5) is 11.4 Å². The van der Waals surface area contributed by atoms with E-state index in [4.69, 9.17) is 11.6 Å². The van der Waals surface area contributed by atoms with Crippen LogP contribution in [0.15, 0.2) is 144 Å². The van der Waals surface area contributed by atoms with Crippen LogP contribution in [0.5, 0.6) is 0 Å². The van der Waals surface area contributed by atoms with Gasteiger partial charge in [-0.05, 0) is 94.3 Å². The minimum absolute atomic E-state index is 0.0427. The van der Waals surface area contributed by atoms with Gasteiger partial charge in [0.05, 0.1) is 16.2 Å². The average Bonchev–Trinajstić information content (AvgIpc) is 3.53. The van der Waals surface area contributed by atoms with Gasteiger partial charge in [-0.3, -0.25) is 4.79 Å². The van der Waals surface area contributed by atoms with Crippen molar-refractivity contribution in [1.29, 1.82) is 0 Å².